The molecule has 5 rings (SSSR count). The van der Waals surface area contributed by atoms with E-state index < -0.39 is 0 Å². The van der Waals surface area contributed by atoms with Crippen molar-refractivity contribution >= 4 is 29.3 Å². The zero-order valence-corrected chi connectivity index (χ0v) is 18.9. The molecule has 1 aliphatic heterocycles. The lowest BCUT2D eigenvalue weighted by molar-refractivity contribution is 0.121. The van der Waals surface area contributed by atoms with Crippen molar-refractivity contribution < 1.29 is 9.15 Å². The second kappa shape index (κ2) is 9.77. The van der Waals surface area contributed by atoms with Crippen LogP contribution in [-0.4, -0.2) is 46.1 Å². The van der Waals surface area contributed by atoms with Gasteiger partial charge < -0.3 is 14.1 Å². The third-order valence-corrected chi connectivity index (χ3v) is 6.51. The van der Waals surface area contributed by atoms with E-state index in [2.05, 4.69) is 36.8 Å². The van der Waals surface area contributed by atoms with Crippen molar-refractivity contribution in [2.24, 2.45) is 0 Å². The molecule has 1 fully saturated rings. The Labute approximate surface area is 195 Å². The molecule has 32 heavy (non-hydrogen) atoms. The number of aromatic nitrogens is 4. The number of anilines is 1. The summed E-state index contributed by atoms with van der Waals surface area (Å²) in [5.74, 6) is 2.01. The van der Waals surface area contributed by atoms with Crippen LogP contribution in [0.15, 0.2) is 70.4 Å². The van der Waals surface area contributed by atoms with Gasteiger partial charge in [-0.25, -0.2) is 4.98 Å². The lowest BCUT2D eigenvalue weighted by Crippen LogP contribution is -2.38. The van der Waals surface area contributed by atoms with E-state index in [1.807, 2.05) is 42.5 Å². The van der Waals surface area contributed by atoms with Crippen molar-refractivity contribution in [1.82, 2.24) is 19.7 Å². The van der Waals surface area contributed by atoms with Crippen LogP contribution in [0.5, 0.6) is 0 Å². The van der Waals surface area contributed by atoms with Crippen LogP contribution >= 0.6 is 23.4 Å². The molecule has 164 valence electrons. The van der Waals surface area contributed by atoms with E-state index in [1.54, 1.807) is 18.0 Å². The highest BCUT2D eigenvalue weighted by atomic mass is 35.5. The summed E-state index contributed by atoms with van der Waals surface area (Å²) in [6.45, 7) is 3.71. The maximum atomic E-state index is 6.27. The van der Waals surface area contributed by atoms with Gasteiger partial charge in [-0.05, 0) is 17.7 Å². The average molecular weight is 468 g/mol. The van der Waals surface area contributed by atoms with E-state index in [9.17, 15) is 0 Å². The number of hydrogen-bond acceptors (Lipinski definition) is 7. The zero-order chi connectivity index (χ0) is 21.8. The van der Waals surface area contributed by atoms with Crippen LogP contribution in [0.2, 0.25) is 5.02 Å². The fourth-order valence-electron chi connectivity index (χ4n) is 3.56. The van der Waals surface area contributed by atoms with E-state index in [0.29, 0.717) is 36.4 Å². The molecule has 7 nitrogen and oxygen atoms in total. The maximum absolute atomic E-state index is 6.27. The monoisotopic (exact) mass is 467 g/mol. The smallest absolute Gasteiger partial charge is 0.228 e. The van der Waals surface area contributed by atoms with E-state index in [4.69, 9.17) is 20.8 Å². The van der Waals surface area contributed by atoms with Gasteiger partial charge >= 0.3 is 0 Å². The molecule has 1 saturated heterocycles. The Balaban J connectivity index is 1.36. The van der Waals surface area contributed by atoms with Crippen molar-refractivity contribution in [3.63, 3.8) is 0 Å². The van der Waals surface area contributed by atoms with Crippen LogP contribution in [-0.2, 0) is 17.0 Å². The summed E-state index contributed by atoms with van der Waals surface area (Å²) in [6, 6.07) is 17.9. The predicted octanol–water partition coefficient (Wildman–Crippen LogP) is 4.76. The van der Waals surface area contributed by atoms with E-state index in [1.165, 1.54) is 5.56 Å². The Hall–Kier alpha value is -2.81. The van der Waals surface area contributed by atoms with Crippen molar-refractivity contribution in [3.05, 3.63) is 77.1 Å². The minimum atomic E-state index is 0.519. The molecular formula is C23H22ClN5O2S. The summed E-state index contributed by atoms with van der Waals surface area (Å²) in [4.78, 5) is 6.84. The Kier molecular flexibility index (Phi) is 6.43. The van der Waals surface area contributed by atoms with E-state index in [0.717, 1.165) is 35.5 Å². The molecule has 0 atom stereocenters. The van der Waals surface area contributed by atoms with Gasteiger partial charge in [0.05, 0.1) is 36.0 Å². The van der Waals surface area contributed by atoms with Crippen molar-refractivity contribution in [2.75, 3.05) is 31.2 Å². The molecule has 0 amide bonds. The van der Waals surface area contributed by atoms with Gasteiger partial charge in [-0.3, -0.25) is 4.57 Å². The molecule has 2 aromatic heterocycles. The summed E-state index contributed by atoms with van der Waals surface area (Å²) in [6.07, 6.45) is 1.67. The number of halogens is 1. The number of thioether (sulfide) groups is 1. The zero-order valence-electron chi connectivity index (χ0n) is 17.4. The third kappa shape index (κ3) is 4.67. The van der Waals surface area contributed by atoms with Gasteiger partial charge in [-0.1, -0.05) is 65.8 Å². The van der Waals surface area contributed by atoms with Crippen molar-refractivity contribution in [3.8, 4) is 11.5 Å². The second-order valence-corrected chi connectivity index (χ2v) is 8.72. The highest BCUT2D eigenvalue weighted by molar-refractivity contribution is 7.98. The minimum absolute atomic E-state index is 0.519. The van der Waals surface area contributed by atoms with Gasteiger partial charge in [-0.2, -0.15) is 0 Å². The first-order valence-electron chi connectivity index (χ1n) is 10.4. The molecule has 3 heterocycles. The summed E-state index contributed by atoms with van der Waals surface area (Å²) in [7, 11) is 0. The Bertz CT molecular complexity index is 1170. The van der Waals surface area contributed by atoms with Gasteiger partial charge in [0.15, 0.2) is 5.16 Å². The number of ether oxygens (including phenoxy) is 1. The first-order chi connectivity index (χ1) is 15.8. The summed E-state index contributed by atoms with van der Waals surface area (Å²) < 4.78 is 13.3. The standard InChI is InChI=1S/C23H22ClN5O2S/c24-20-9-5-4-8-19(20)21-25-18(15-31-21)16-32-23-27-26-22(28-10-12-30-13-11-28)29(23)14-17-6-2-1-3-7-17/h1-9,15H,10-14,16H2. The molecule has 0 bridgehead atoms. The van der Waals surface area contributed by atoms with Crippen molar-refractivity contribution in [1.29, 1.82) is 0 Å². The highest BCUT2D eigenvalue weighted by Crippen LogP contribution is 2.30. The molecule has 9 heteroatoms. The Morgan fingerprint density at radius 1 is 0.969 bits per heavy atom. The predicted molar refractivity (Wildman–Crippen MR) is 125 cm³/mol. The van der Waals surface area contributed by atoms with E-state index >= 15 is 0 Å². The summed E-state index contributed by atoms with van der Waals surface area (Å²) in [5, 5.41) is 10.5. The molecule has 0 spiro atoms. The molecule has 0 unspecified atom stereocenters. The Morgan fingerprint density at radius 2 is 1.75 bits per heavy atom. The molecule has 2 aromatic carbocycles. The largest absolute Gasteiger partial charge is 0.444 e. The normalized spacial score (nSPS) is 14.1. The van der Waals surface area contributed by atoms with Gasteiger partial charge in [0, 0.05) is 18.8 Å². The minimum Gasteiger partial charge on any atom is -0.444 e. The molecule has 0 aliphatic carbocycles. The van der Waals surface area contributed by atoms with Gasteiger partial charge in [0.25, 0.3) is 0 Å². The van der Waals surface area contributed by atoms with E-state index in [-0.39, 0.29) is 0 Å². The number of benzene rings is 2. The van der Waals surface area contributed by atoms with Crippen LogP contribution in [0.3, 0.4) is 0 Å². The molecule has 0 saturated carbocycles. The fraction of sp³-hybridized carbons (Fsp3) is 0.261. The quantitative estimate of drug-likeness (QED) is 0.363. The first kappa shape index (κ1) is 21.1. The topological polar surface area (TPSA) is 69.2 Å². The van der Waals surface area contributed by atoms with Crippen LogP contribution in [0.1, 0.15) is 11.3 Å². The Morgan fingerprint density at radius 3 is 2.56 bits per heavy atom. The van der Waals surface area contributed by atoms with Crippen LogP contribution < -0.4 is 4.90 Å². The van der Waals surface area contributed by atoms with Gasteiger partial charge in [0.1, 0.15) is 6.26 Å². The van der Waals surface area contributed by atoms with Gasteiger partial charge in [0.2, 0.25) is 11.8 Å². The lowest BCUT2D eigenvalue weighted by atomic mass is 10.2. The fourth-order valence-corrected chi connectivity index (χ4v) is 4.59. The molecule has 4 aromatic rings. The first-order valence-corrected chi connectivity index (χ1v) is 11.8. The highest BCUT2D eigenvalue weighted by Gasteiger charge is 2.21. The number of hydrogen-bond donors (Lipinski definition) is 0. The average Bonchev–Trinajstić information content (AvgIpc) is 3.46. The SMILES string of the molecule is Clc1ccccc1-c1nc(CSc2nnc(N3CCOCC3)n2Cc2ccccc2)co1. The molecular weight excluding hydrogens is 446 g/mol. The number of rotatable bonds is 7. The number of nitrogens with zero attached hydrogens (tertiary/aromatic N) is 5. The van der Waals surface area contributed by atoms with Crippen LogP contribution in [0.4, 0.5) is 5.95 Å². The summed E-state index contributed by atoms with van der Waals surface area (Å²) >= 11 is 7.87. The van der Waals surface area contributed by atoms with Gasteiger partial charge in [-0.15, -0.1) is 10.2 Å². The number of morpholine rings is 1. The summed E-state index contributed by atoms with van der Waals surface area (Å²) in [5.41, 5.74) is 2.81. The van der Waals surface area contributed by atoms with Crippen LogP contribution in [0.25, 0.3) is 11.5 Å². The molecule has 0 N–H and O–H groups in total. The third-order valence-electron chi connectivity index (χ3n) is 5.18. The van der Waals surface area contributed by atoms with Crippen LogP contribution in [0, 0.1) is 0 Å². The lowest BCUT2D eigenvalue weighted by Gasteiger charge is -2.28. The number of oxazole rings is 1. The van der Waals surface area contributed by atoms with Crippen molar-refractivity contribution in [2.45, 2.75) is 17.5 Å². The molecule has 0 radical (unpaired) electrons. The molecule has 1 aliphatic rings. The maximum Gasteiger partial charge on any atom is 0.228 e. The second-order valence-electron chi connectivity index (χ2n) is 7.37.